The van der Waals surface area contributed by atoms with Gasteiger partial charge in [-0.1, -0.05) is 27.0 Å². The van der Waals surface area contributed by atoms with Crippen LogP contribution in [0, 0.1) is 5.92 Å². The molecule has 3 heteroatoms. The number of hydrogen-bond donors (Lipinski definition) is 0. The van der Waals surface area contributed by atoms with Gasteiger partial charge < -0.3 is 4.90 Å². The van der Waals surface area contributed by atoms with E-state index in [0.29, 0.717) is 5.57 Å². The second kappa shape index (κ2) is 6.51. The number of halogens is 2. The molecule has 1 saturated heterocycles. The van der Waals surface area contributed by atoms with Crippen LogP contribution in [0.4, 0.5) is 8.78 Å². The van der Waals surface area contributed by atoms with Crippen LogP contribution in [0.1, 0.15) is 13.8 Å². The Morgan fingerprint density at radius 1 is 1.27 bits per heavy atom. The molecule has 0 aromatic carbocycles. The topological polar surface area (TPSA) is 3.24 Å². The van der Waals surface area contributed by atoms with Crippen LogP contribution in [-0.2, 0) is 0 Å². The molecule has 1 aliphatic rings. The summed E-state index contributed by atoms with van der Waals surface area (Å²) in [6.07, 6.45) is 0.778. The van der Waals surface area contributed by atoms with Gasteiger partial charge in [-0.25, -0.2) is 8.78 Å². The summed E-state index contributed by atoms with van der Waals surface area (Å²) in [6, 6.07) is 0. The molecule has 0 aromatic heterocycles. The molecule has 0 spiro atoms. The van der Waals surface area contributed by atoms with Crippen molar-refractivity contribution < 1.29 is 8.78 Å². The minimum atomic E-state index is -0.772. The van der Waals surface area contributed by atoms with Crippen molar-refractivity contribution in [3.8, 4) is 0 Å². The van der Waals surface area contributed by atoms with Gasteiger partial charge in [0.25, 0.3) is 0 Å². The van der Waals surface area contributed by atoms with Crippen molar-refractivity contribution in [2.45, 2.75) is 13.8 Å². The zero-order chi connectivity index (χ0) is 12.0. The summed E-state index contributed by atoms with van der Waals surface area (Å²) in [7, 11) is 1.94. The average Bonchev–Trinajstić information content (AvgIpc) is 2.14. The summed E-state index contributed by atoms with van der Waals surface area (Å²) in [5.41, 5.74) is 0.372. The number of allylic oxidation sites excluding steroid dienone is 3. The summed E-state index contributed by atoms with van der Waals surface area (Å²) < 4.78 is 25.3. The molecule has 0 radical (unpaired) electrons. The van der Waals surface area contributed by atoms with Gasteiger partial charge in [-0.3, -0.25) is 0 Å². The van der Waals surface area contributed by atoms with Gasteiger partial charge >= 0.3 is 0 Å². The van der Waals surface area contributed by atoms with Gasteiger partial charge in [-0.15, -0.1) is 0 Å². The Labute approximate surface area is 90.8 Å². The van der Waals surface area contributed by atoms with Gasteiger partial charge in [-0.2, -0.15) is 0 Å². The van der Waals surface area contributed by atoms with E-state index >= 15 is 0 Å². The summed E-state index contributed by atoms with van der Waals surface area (Å²) in [5.74, 6) is -1.24. The van der Waals surface area contributed by atoms with Crippen LogP contribution in [0.15, 0.2) is 36.5 Å². The third-order valence-corrected chi connectivity index (χ3v) is 2.15. The lowest BCUT2D eigenvalue weighted by Crippen LogP contribution is -2.44. The predicted octanol–water partition coefficient (Wildman–Crippen LogP) is 3.47. The third kappa shape index (κ3) is 4.38. The first-order valence-corrected chi connectivity index (χ1v) is 5.10. The standard InChI is InChI=1S/C10H13F2N.C2H6/c1-7(11)4-10(12)8(2)9-5-13(3)6-9;1-2/h4,9H,1-2,5-6H2,3H3;1-2H3/b10-4+;. The van der Waals surface area contributed by atoms with E-state index in [1.165, 1.54) is 0 Å². The largest absolute Gasteiger partial charge is 0.305 e. The van der Waals surface area contributed by atoms with Crippen molar-refractivity contribution in [1.82, 2.24) is 4.90 Å². The van der Waals surface area contributed by atoms with Crippen molar-refractivity contribution in [2.24, 2.45) is 5.92 Å². The number of rotatable bonds is 3. The quantitative estimate of drug-likeness (QED) is 0.652. The normalized spacial score (nSPS) is 17.5. The fraction of sp³-hybridized carbons (Fsp3) is 0.500. The maximum absolute atomic E-state index is 13.1. The molecule has 0 saturated carbocycles. The lowest BCUT2D eigenvalue weighted by atomic mass is 9.92. The smallest absolute Gasteiger partial charge is 0.129 e. The first kappa shape index (κ1) is 14.0. The second-order valence-electron chi connectivity index (χ2n) is 3.38. The molecule has 1 nitrogen and oxygen atoms in total. The number of hydrogen-bond acceptors (Lipinski definition) is 1. The predicted molar refractivity (Wildman–Crippen MR) is 60.9 cm³/mol. The van der Waals surface area contributed by atoms with Crippen molar-refractivity contribution in [3.63, 3.8) is 0 Å². The van der Waals surface area contributed by atoms with E-state index in [4.69, 9.17) is 0 Å². The molecule has 0 aromatic rings. The highest BCUT2D eigenvalue weighted by molar-refractivity contribution is 5.31. The molecule has 1 heterocycles. The fourth-order valence-corrected chi connectivity index (χ4v) is 1.34. The highest BCUT2D eigenvalue weighted by Gasteiger charge is 2.27. The minimum absolute atomic E-state index is 0.126. The van der Waals surface area contributed by atoms with Crippen LogP contribution in [0.3, 0.4) is 0 Å². The van der Waals surface area contributed by atoms with Gasteiger partial charge in [0, 0.05) is 25.1 Å². The van der Waals surface area contributed by atoms with Crippen LogP contribution < -0.4 is 0 Å². The lowest BCUT2D eigenvalue weighted by molar-refractivity contribution is 0.161. The molecule has 0 aliphatic carbocycles. The van der Waals surface area contributed by atoms with Crippen LogP contribution in [-0.4, -0.2) is 25.0 Å². The monoisotopic (exact) mass is 215 g/mol. The van der Waals surface area contributed by atoms with Crippen molar-refractivity contribution in [2.75, 3.05) is 20.1 Å². The SMILES string of the molecule is C=C(F)/C=C(/F)C(=C)C1CN(C)C1.CC. The van der Waals surface area contributed by atoms with E-state index in [1.54, 1.807) is 0 Å². The molecular formula is C12H19F2N. The van der Waals surface area contributed by atoms with E-state index in [9.17, 15) is 8.78 Å². The molecule has 0 bridgehead atoms. The zero-order valence-electron chi connectivity index (χ0n) is 9.69. The Balaban J connectivity index is 0.000000921. The second-order valence-corrected chi connectivity index (χ2v) is 3.38. The van der Waals surface area contributed by atoms with Crippen molar-refractivity contribution >= 4 is 0 Å². The first-order chi connectivity index (χ1) is 7.00. The van der Waals surface area contributed by atoms with Crippen molar-refractivity contribution in [1.29, 1.82) is 0 Å². The van der Waals surface area contributed by atoms with E-state index in [0.717, 1.165) is 19.2 Å². The Morgan fingerprint density at radius 2 is 1.73 bits per heavy atom. The zero-order valence-corrected chi connectivity index (χ0v) is 9.69. The summed E-state index contributed by atoms with van der Waals surface area (Å²) >= 11 is 0. The molecule has 86 valence electrons. The average molecular weight is 215 g/mol. The van der Waals surface area contributed by atoms with E-state index < -0.39 is 11.7 Å². The third-order valence-electron chi connectivity index (χ3n) is 2.15. The number of likely N-dealkylation sites (tertiary alicyclic amines) is 1. The molecule has 1 aliphatic heterocycles. The maximum atomic E-state index is 13.1. The maximum Gasteiger partial charge on any atom is 0.129 e. The summed E-state index contributed by atoms with van der Waals surface area (Å²) in [5, 5.41) is 0. The van der Waals surface area contributed by atoms with E-state index in [-0.39, 0.29) is 5.92 Å². The summed E-state index contributed by atoms with van der Waals surface area (Å²) in [4.78, 5) is 2.05. The van der Waals surface area contributed by atoms with Crippen LogP contribution in [0.2, 0.25) is 0 Å². The van der Waals surface area contributed by atoms with Gasteiger partial charge in [0.05, 0.1) is 0 Å². The van der Waals surface area contributed by atoms with Gasteiger partial charge in [0.1, 0.15) is 11.7 Å². The molecule has 1 rings (SSSR count). The van der Waals surface area contributed by atoms with E-state index in [1.807, 2.05) is 25.8 Å². The summed E-state index contributed by atoms with van der Waals surface area (Å²) in [6.45, 7) is 12.1. The van der Waals surface area contributed by atoms with Gasteiger partial charge in [0.15, 0.2) is 0 Å². The molecule has 15 heavy (non-hydrogen) atoms. The fourth-order valence-electron chi connectivity index (χ4n) is 1.34. The van der Waals surface area contributed by atoms with Crippen LogP contribution >= 0.6 is 0 Å². The Morgan fingerprint density at radius 3 is 2.07 bits per heavy atom. The Bertz CT molecular complexity index is 263. The Hall–Kier alpha value is -0.960. The highest BCUT2D eigenvalue weighted by atomic mass is 19.1. The van der Waals surface area contributed by atoms with E-state index in [2.05, 4.69) is 13.2 Å². The number of nitrogens with zero attached hydrogens (tertiary/aromatic N) is 1. The molecule has 1 fully saturated rings. The molecule has 0 unspecified atom stereocenters. The van der Waals surface area contributed by atoms with Crippen LogP contribution in [0.5, 0.6) is 0 Å². The van der Waals surface area contributed by atoms with Crippen LogP contribution in [0.25, 0.3) is 0 Å². The minimum Gasteiger partial charge on any atom is -0.305 e. The van der Waals surface area contributed by atoms with Crippen molar-refractivity contribution in [3.05, 3.63) is 36.5 Å². The molecular weight excluding hydrogens is 196 g/mol. The first-order valence-electron chi connectivity index (χ1n) is 5.10. The highest BCUT2D eigenvalue weighted by Crippen LogP contribution is 2.27. The van der Waals surface area contributed by atoms with Gasteiger partial charge in [0.2, 0.25) is 0 Å². The molecule has 0 N–H and O–H groups in total. The molecule has 0 amide bonds. The molecule has 0 atom stereocenters. The lowest BCUT2D eigenvalue weighted by Gasteiger charge is -2.37. The van der Waals surface area contributed by atoms with Gasteiger partial charge in [-0.05, 0) is 12.6 Å². The Kier molecular flexibility index (Phi) is 6.09.